The summed E-state index contributed by atoms with van der Waals surface area (Å²) in [6.45, 7) is 6.80. The Labute approximate surface area is 120 Å². The molecule has 1 aliphatic heterocycles. The third kappa shape index (κ3) is 3.93. The largest absolute Gasteiger partial charge is 0.309 e. The maximum absolute atomic E-state index is 6.03. The van der Waals surface area contributed by atoms with E-state index in [1.807, 2.05) is 0 Å². The van der Waals surface area contributed by atoms with Crippen LogP contribution in [-0.2, 0) is 6.54 Å². The second kappa shape index (κ2) is 6.53. The summed E-state index contributed by atoms with van der Waals surface area (Å²) in [5.74, 6) is 0. The van der Waals surface area contributed by atoms with Gasteiger partial charge in [0.2, 0.25) is 0 Å². The zero-order valence-electron chi connectivity index (χ0n) is 10.0. The molecule has 0 saturated carbocycles. The number of nitrogens with zero attached hydrogens (tertiary/aromatic N) is 1. The molecule has 2 heterocycles. The average molecular weight is 338 g/mol. The van der Waals surface area contributed by atoms with Crippen molar-refractivity contribution in [1.29, 1.82) is 0 Å². The van der Waals surface area contributed by atoms with E-state index in [9.17, 15) is 0 Å². The number of nitrogens with one attached hydrogen (secondary N) is 1. The SMILES string of the molecule is CCN1CCC(NCc2cc(Br)c(Cl)s2)CC1. The molecule has 17 heavy (non-hydrogen) atoms. The summed E-state index contributed by atoms with van der Waals surface area (Å²) in [6, 6.07) is 2.78. The van der Waals surface area contributed by atoms with Gasteiger partial charge in [-0.2, -0.15) is 0 Å². The molecule has 2 nitrogen and oxygen atoms in total. The normalized spacial score (nSPS) is 18.8. The lowest BCUT2D eigenvalue weighted by Crippen LogP contribution is -2.41. The van der Waals surface area contributed by atoms with Crippen molar-refractivity contribution in [3.8, 4) is 0 Å². The molecule has 1 aromatic rings. The Bertz CT molecular complexity index is 342. The lowest BCUT2D eigenvalue weighted by molar-refractivity contribution is 0.206. The molecule has 0 amide bonds. The molecular formula is C12H18BrClN2S. The summed E-state index contributed by atoms with van der Waals surface area (Å²) in [6.07, 6.45) is 2.52. The van der Waals surface area contributed by atoms with Crippen LogP contribution in [0.2, 0.25) is 4.34 Å². The highest BCUT2D eigenvalue weighted by molar-refractivity contribution is 9.10. The van der Waals surface area contributed by atoms with Crippen molar-refractivity contribution in [3.05, 3.63) is 19.8 Å². The van der Waals surface area contributed by atoms with E-state index in [-0.39, 0.29) is 0 Å². The first-order chi connectivity index (χ1) is 8.19. The second-order valence-corrected chi connectivity index (χ2v) is 7.02. The highest BCUT2D eigenvalue weighted by Gasteiger charge is 2.17. The van der Waals surface area contributed by atoms with E-state index in [1.54, 1.807) is 11.3 Å². The quantitative estimate of drug-likeness (QED) is 0.900. The number of rotatable bonds is 4. The van der Waals surface area contributed by atoms with E-state index in [0.717, 1.165) is 15.4 Å². The van der Waals surface area contributed by atoms with Crippen LogP contribution in [0.4, 0.5) is 0 Å². The molecule has 96 valence electrons. The molecule has 0 unspecified atom stereocenters. The number of thiophene rings is 1. The first kappa shape index (κ1) is 13.8. The molecule has 0 spiro atoms. The molecule has 1 saturated heterocycles. The predicted octanol–water partition coefficient (Wildman–Crippen LogP) is 3.74. The Hall–Kier alpha value is 0.390. The molecule has 1 N–H and O–H groups in total. The minimum Gasteiger partial charge on any atom is -0.309 e. The van der Waals surface area contributed by atoms with E-state index in [1.165, 1.54) is 37.4 Å². The third-order valence-electron chi connectivity index (χ3n) is 3.30. The molecule has 0 aliphatic carbocycles. The fourth-order valence-electron chi connectivity index (χ4n) is 2.18. The van der Waals surface area contributed by atoms with Crippen LogP contribution in [0.5, 0.6) is 0 Å². The number of piperidine rings is 1. The van der Waals surface area contributed by atoms with Crippen molar-refractivity contribution in [2.24, 2.45) is 0 Å². The first-order valence-corrected chi connectivity index (χ1v) is 8.07. The molecule has 0 aromatic carbocycles. The smallest absolute Gasteiger partial charge is 0.107 e. The molecule has 2 rings (SSSR count). The number of halogens is 2. The second-order valence-electron chi connectivity index (χ2n) is 4.42. The average Bonchev–Trinajstić information content (AvgIpc) is 2.67. The van der Waals surface area contributed by atoms with E-state index < -0.39 is 0 Å². The monoisotopic (exact) mass is 336 g/mol. The van der Waals surface area contributed by atoms with Gasteiger partial charge in [0.15, 0.2) is 0 Å². The summed E-state index contributed by atoms with van der Waals surface area (Å²) < 4.78 is 1.87. The van der Waals surface area contributed by atoms with Gasteiger partial charge < -0.3 is 10.2 Å². The number of likely N-dealkylation sites (tertiary alicyclic amines) is 1. The Morgan fingerprint density at radius 1 is 1.53 bits per heavy atom. The van der Waals surface area contributed by atoms with Crippen LogP contribution in [0.3, 0.4) is 0 Å². The van der Waals surface area contributed by atoms with E-state index in [4.69, 9.17) is 11.6 Å². The summed E-state index contributed by atoms with van der Waals surface area (Å²) in [4.78, 5) is 3.82. The maximum atomic E-state index is 6.03. The molecule has 0 bridgehead atoms. The zero-order valence-corrected chi connectivity index (χ0v) is 13.2. The van der Waals surface area contributed by atoms with E-state index >= 15 is 0 Å². The molecule has 1 aromatic heterocycles. The van der Waals surface area contributed by atoms with Crippen LogP contribution in [0, 0.1) is 0 Å². The van der Waals surface area contributed by atoms with Gasteiger partial charge in [0.05, 0.1) is 0 Å². The van der Waals surface area contributed by atoms with E-state index in [0.29, 0.717) is 6.04 Å². The van der Waals surface area contributed by atoms with Crippen molar-refractivity contribution in [2.45, 2.75) is 32.4 Å². The van der Waals surface area contributed by atoms with Crippen molar-refractivity contribution >= 4 is 38.9 Å². The molecule has 0 atom stereocenters. The maximum Gasteiger partial charge on any atom is 0.107 e. The summed E-state index contributed by atoms with van der Waals surface area (Å²) in [7, 11) is 0. The lowest BCUT2D eigenvalue weighted by atomic mass is 10.1. The molecule has 0 radical (unpaired) electrons. The molecule has 1 fully saturated rings. The minimum absolute atomic E-state index is 0.664. The van der Waals surface area contributed by atoms with Crippen LogP contribution in [0.1, 0.15) is 24.6 Å². The lowest BCUT2D eigenvalue weighted by Gasteiger charge is -2.31. The molecular weight excluding hydrogens is 320 g/mol. The van der Waals surface area contributed by atoms with Crippen LogP contribution < -0.4 is 5.32 Å². The predicted molar refractivity (Wildman–Crippen MR) is 79.0 cm³/mol. The fraction of sp³-hybridized carbons (Fsp3) is 0.667. The summed E-state index contributed by atoms with van der Waals surface area (Å²) >= 11 is 11.1. The third-order valence-corrected chi connectivity index (χ3v) is 5.77. The van der Waals surface area contributed by atoms with Gasteiger partial charge in [-0.15, -0.1) is 11.3 Å². The Kier molecular flexibility index (Phi) is 5.30. The van der Waals surface area contributed by atoms with E-state index in [2.05, 4.69) is 39.1 Å². The van der Waals surface area contributed by atoms with Crippen LogP contribution in [0.15, 0.2) is 10.5 Å². The topological polar surface area (TPSA) is 15.3 Å². The Balaban J connectivity index is 1.75. The summed E-state index contributed by atoms with van der Waals surface area (Å²) in [5.41, 5.74) is 0. The minimum atomic E-state index is 0.664. The van der Waals surface area contributed by atoms with Crippen LogP contribution in [0.25, 0.3) is 0 Å². The zero-order chi connectivity index (χ0) is 12.3. The van der Waals surface area contributed by atoms with Gasteiger partial charge in [0, 0.05) is 21.9 Å². The molecule has 1 aliphatic rings. The van der Waals surface area contributed by atoms with Gasteiger partial charge in [0.1, 0.15) is 4.34 Å². The van der Waals surface area contributed by atoms with Crippen molar-refractivity contribution in [1.82, 2.24) is 10.2 Å². The van der Waals surface area contributed by atoms with Gasteiger partial charge >= 0.3 is 0 Å². The van der Waals surface area contributed by atoms with Gasteiger partial charge in [0.25, 0.3) is 0 Å². The standard InChI is InChI=1S/C12H18BrClN2S/c1-2-16-5-3-9(4-6-16)15-8-10-7-11(13)12(14)17-10/h7,9,15H,2-6,8H2,1H3. The van der Waals surface area contributed by atoms with Gasteiger partial charge in [-0.05, 0) is 54.5 Å². The molecule has 5 heteroatoms. The Morgan fingerprint density at radius 3 is 2.76 bits per heavy atom. The van der Waals surface area contributed by atoms with Crippen LogP contribution >= 0.6 is 38.9 Å². The summed E-state index contributed by atoms with van der Waals surface area (Å²) in [5, 5.41) is 3.63. The van der Waals surface area contributed by atoms with Crippen molar-refractivity contribution < 1.29 is 0 Å². The fourth-order valence-corrected chi connectivity index (χ4v) is 3.92. The van der Waals surface area contributed by atoms with Gasteiger partial charge in [-0.25, -0.2) is 0 Å². The highest BCUT2D eigenvalue weighted by Crippen LogP contribution is 2.31. The van der Waals surface area contributed by atoms with Crippen molar-refractivity contribution in [3.63, 3.8) is 0 Å². The first-order valence-electron chi connectivity index (χ1n) is 6.08. The number of hydrogen-bond acceptors (Lipinski definition) is 3. The van der Waals surface area contributed by atoms with Crippen molar-refractivity contribution in [2.75, 3.05) is 19.6 Å². The van der Waals surface area contributed by atoms with Gasteiger partial charge in [-0.3, -0.25) is 0 Å². The van der Waals surface area contributed by atoms with Gasteiger partial charge in [-0.1, -0.05) is 18.5 Å². The highest BCUT2D eigenvalue weighted by atomic mass is 79.9. The van der Waals surface area contributed by atoms with Crippen LogP contribution in [-0.4, -0.2) is 30.6 Å². The Morgan fingerprint density at radius 2 is 2.24 bits per heavy atom. The number of hydrogen-bond donors (Lipinski definition) is 1.